The molecule has 6 heteroatoms. The van der Waals surface area contributed by atoms with E-state index in [2.05, 4.69) is 63.9 Å². The summed E-state index contributed by atoms with van der Waals surface area (Å²) in [6.07, 6.45) is 1.15. The minimum Gasteiger partial charge on any atom is -0.348 e. The zero-order valence-corrected chi connectivity index (χ0v) is 19.7. The number of nitriles is 1. The first-order valence-corrected chi connectivity index (χ1v) is 10.7. The Bertz CT molecular complexity index is 948. The predicted molar refractivity (Wildman–Crippen MR) is 122 cm³/mol. The molecule has 2 aromatic carbocycles. The molecule has 2 aromatic rings. The Morgan fingerprint density at radius 2 is 1.74 bits per heavy atom. The highest BCUT2D eigenvalue weighted by Gasteiger charge is 2.53. The van der Waals surface area contributed by atoms with Crippen molar-refractivity contribution in [3.05, 3.63) is 64.2 Å². The third kappa shape index (κ3) is 5.98. The van der Waals surface area contributed by atoms with Crippen molar-refractivity contribution in [2.75, 3.05) is 0 Å². The number of rotatable bonds is 4. The Kier molecular flexibility index (Phi) is 7.72. The summed E-state index contributed by atoms with van der Waals surface area (Å²) in [5.41, 5.74) is 2.71. The van der Waals surface area contributed by atoms with Gasteiger partial charge in [0.25, 0.3) is 5.91 Å². The largest absolute Gasteiger partial charge is 0.348 e. The summed E-state index contributed by atoms with van der Waals surface area (Å²) in [5.74, 6) is 0.539. The lowest BCUT2D eigenvalue weighted by atomic mass is 9.52. The number of benzene rings is 2. The Morgan fingerprint density at radius 3 is 2.16 bits per heavy atom. The van der Waals surface area contributed by atoms with Crippen LogP contribution in [0.15, 0.2) is 42.5 Å². The Morgan fingerprint density at radius 1 is 1.16 bits per heavy atom. The fourth-order valence-electron chi connectivity index (χ4n) is 4.56. The van der Waals surface area contributed by atoms with Gasteiger partial charge in [-0.1, -0.05) is 65.3 Å². The summed E-state index contributed by atoms with van der Waals surface area (Å²) in [4.78, 5) is 15.8. The molecule has 1 N–H and O–H groups in total. The van der Waals surface area contributed by atoms with E-state index in [1.165, 1.54) is 23.8 Å². The maximum atomic E-state index is 12.4. The third-order valence-corrected chi connectivity index (χ3v) is 6.05. The topological polar surface area (TPSA) is 62.1 Å². The fraction of sp³-hybridized carbons (Fsp3) is 0.440. The highest BCUT2D eigenvalue weighted by Crippen LogP contribution is 2.53. The zero-order chi connectivity index (χ0) is 23.4. The molecular weight excluding hydrogens is 415 g/mol. The lowest BCUT2D eigenvalue weighted by Gasteiger charge is -2.57. The van der Waals surface area contributed by atoms with Gasteiger partial charge in [-0.15, -0.1) is 0 Å². The first kappa shape index (κ1) is 24.7. The Balaban J connectivity index is 0.000000262. The number of nitrogens with zero attached hydrogens (tertiary/aromatic N) is 1. The monoisotopic (exact) mass is 444 g/mol. The van der Waals surface area contributed by atoms with Crippen molar-refractivity contribution in [1.29, 1.82) is 5.26 Å². The lowest BCUT2D eigenvalue weighted by Crippen LogP contribution is -2.63. The molecule has 1 aliphatic carbocycles. The van der Waals surface area contributed by atoms with Gasteiger partial charge in [-0.3, -0.25) is 9.74 Å². The van der Waals surface area contributed by atoms with Crippen molar-refractivity contribution >= 4 is 17.5 Å². The molecule has 0 radical (unpaired) electrons. The van der Waals surface area contributed by atoms with Gasteiger partial charge in [0.1, 0.15) is 6.07 Å². The van der Waals surface area contributed by atoms with Gasteiger partial charge in [-0.05, 0) is 53.0 Å². The van der Waals surface area contributed by atoms with Crippen LogP contribution in [0.1, 0.15) is 75.4 Å². The molecule has 0 unspecified atom stereocenters. The van der Waals surface area contributed by atoms with Crippen LogP contribution in [0.25, 0.3) is 0 Å². The summed E-state index contributed by atoms with van der Waals surface area (Å²) in [6, 6.07) is 14.0. The van der Waals surface area contributed by atoms with E-state index >= 15 is 0 Å². The van der Waals surface area contributed by atoms with Crippen LogP contribution >= 0.6 is 11.6 Å². The minimum atomic E-state index is -0.00556. The fourth-order valence-corrected chi connectivity index (χ4v) is 4.78. The molecule has 0 spiro atoms. The third-order valence-electron chi connectivity index (χ3n) is 5.74. The molecule has 1 fully saturated rings. The van der Waals surface area contributed by atoms with Crippen LogP contribution in [-0.4, -0.2) is 11.9 Å². The van der Waals surface area contributed by atoms with Gasteiger partial charge in [-0.25, -0.2) is 0 Å². The molecule has 166 valence electrons. The van der Waals surface area contributed by atoms with Gasteiger partial charge in [0.15, 0.2) is 5.75 Å². The molecule has 0 aliphatic heterocycles. The number of halogens is 2. The molecule has 0 atom stereocenters. The van der Waals surface area contributed by atoms with Crippen LogP contribution in [0.2, 0.25) is 5.02 Å². The summed E-state index contributed by atoms with van der Waals surface area (Å²) < 4.78 is 11.5. The molecule has 0 aromatic heterocycles. The van der Waals surface area contributed by atoms with Crippen molar-refractivity contribution in [1.82, 2.24) is 5.32 Å². The average Bonchev–Trinajstić information content (AvgIpc) is 2.71. The quantitative estimate of drug-likeness (QED) is 0.561. The summed E-state index contributed by atoms with van der Waals surface area (Å²) >= 11 is 5.54. The second-order valence-corrected chi connectivity index (χ2v) is 10.1. The average molecular weight is 445 g/mol. The first-order chi connectivity index (χ1) is 14.4. The second-order valence-electron chi connectivity index (χ2n) is 9.67. The Hall–Kier alpha value is -2.58. The molecular formula is C25H30ClFN2O2. The first-order valence-electron chi connectivity index (χ1n) is 10.3. The van der Waals surface area contributed by atoms with Crippen LogP contribution in [0.5, 0.6) is 5.75 Å². The highest BCUT2D eigenvalue weighted by molar-refractivity contribution is 6.31. The van der Waals surface area contributed by atoms with Crippen molar-refractivity contribution < 1.29 is 14.3 Å². The maximum absolute atomic E-state index is 12.4. The molecule has 1 amide bonds. The molecule has 31 heavy (non-hydrogen) atoms. The van der Waals surface area contributed by atoms with E-state index in [0.29, 0.717) is 11.5 Å². The smallest absolute Gasteiger partial charge is 0.251 e. The van der Waals surface area contributed by atoms with Crippen molar-refractivity contribution in [2.45, 2.75) is 59.9 Å². The minimum absolute atomic E-state index is 0.00556. The summed E-state index contributed by atoms with van der Waals surface area (Å²) in [7, 11) is 0. The second kappa shape index (κ2) is 9.70. The SMILES string of the molecule is CC(C)c1ccc(C(=O)NC2C(C)(C)CC2(C)C)cc1.N#Cc1ccc(OF)cc1Cl. The van der Waals surface area contributed by atoms with Gasteiger partial charge in [0, 0.05) is 22.2 Å². The van der Waals surface area contributed by atoms with Crippen LogP contribution in [-0.2, 0) is 0 Å². The summed E-state index contributed by atoms with van der Waals surface area (Å²) in [6.45, 7) is 13.2. The van der Waals surface area contributed by atoms with E-state index in [-0.39, 0.29) is 33.6 Å². The van der Waals surface area contributed by atoms with Crippen LogP contribution in [0.4, 0.5) is 4.53 Å². The number of hydrogen-bond donors (Lipinski definition) is 1. The summed E-state index contributed by atoms with van der Waals surface area (Å²) in [5, 5.41) is 11.8. The molecule has 1 saturated carbocycles. The number of nitrogens with one attached hydrogen (secondary N) is 1. The molecule has 1 aliphatic rings. The molecule has 0 bridgehead atoms. The zero-order valence-electron chi connectivity index (χ0n) is 18.9. The van der Waals surface area contributed by atoms with Crippen molar-refractivity contribution in [2.24, 2.45) is 10.8 Å². The molecule has 3 rings (SSSR count). The van der Waals surface area contributed by atoms with Gasteiger partial charge in [-0.2, -0.15) is 5.26 Å². The van der Waals surface area contributed by atoms with Crippen LogP contribution < -0.4 is 10.3 Å². The number of carbonyl (C=O) groups excluding carboxylic acids is 1. The van der Waals surface area contributed by atoms with E-state index in [4.69, 9.17) is 16.9 Å². The number of amides is 1. The van der Waals surface area contributed by atoms with E-state index in [0.717, 1.165) is 12.0 Å². The number of hydrogen-bond acceptors (Lipinski definition) is 3. The van der Waals surface area contributed by atoms with Gasteiger partial charge >= 0.3 is 0 Å². The van der Waals surface area contributed by atoms with E-state index in [1.54, 1.807) is 0 Å². The van der Waals surface area contributed by atoms with Crippen LogP contribution in [0.3, 0.4) is 0 Å². The standard InChI is InChI=1S/C18H27NO.C7H3ClFNO/c1-12(2)13-7-9-14(10-8-13)15(20)19-16-17(3,4)11-18(16,5)6;8-7-3-6(11-9)2-1-5(7)4-10/h7-10,12,16H,11H2,1-6H3,(H,19,20);1-3H. The maximum Gasteiger partial charge on any atom is 0.251 e. The van der Waals surface area contributed by atoms with E-state index in [1.807, 2.05) is 18.2 Å². The van der Waals surface area contributed by atoms with Gasteiger partial charge in [0.2, 0.25) is 0 Å². The van der Waals surface area contributed by atoms with E-state index in [9.17, 15) is 9.32 Å². The lowest BCUT2D eigenvalue weighted by molar-refractivity contribution is -0.0366. The Labute approximate surface area is 189 Å². The van der Waals surface area contributed by atoms with Gasteiger partial charge < -0.3 is 5.32 Å². The molecule has 4 nitrogen and oxygen atoms in total. The molecule has 0 saturated heterocycles. The molecule has 0 heterocycles. The normalized spacial score (nSPS) is 16.4. The van der Waals surface area contributed by atoms with Crippen LogP contribution in [0, 0.1) is 22.2 Å². The number of carbonyl (C=O) groups is 1. The van der Waals surface area contributed by atoms with Crippen molar-refractivity contribution in [3.8, 4) is 11.8 Å². The highest BCUT2D eigenvalue weighted by atomic mass is 35.5. The predicted octanol–water partition coefficient (Wildman–Crippen LogP) is 6.84. The van der Waals surface area contributed by atoms with Crippen molar-refractivity contribution in [3.63, 3.8) is 0 Å². The van der Waals surface area contributed by atoms with E-state index < -0.39 is 0 Å². The van der Waals surface area contributed by atoms with Gasteiger partial charge in [0.05, 0.1) is 10.6 Å².